The third-order valence-electron chi connectivity index (χ3n) is 3.81. The van der Waals surface area contributed by atoms with Crippen LogP contribution >= 0.6 is 11.6 Å². The van der Waals surface area contributed by atoms with Crippen molar-refractivity contribution in [2.24, 2.45) is 5.92 Å². The molecular weight excluding hydrogens is 272 g/mol. The molecule has 0 aliphatic carbocycles. The van der Waals surface area contributed by atoms with Crippen molar-refractivity contribution in [2.75, 3.05) is 7.05 Å². The molecule has 1 amide bonds. The van der Waals surface area contributed by atoms with Crippen LogP contribution in [0.5, 0.6) is 0 Å². The van der Waals surface area contributed by atoms with Gasteiger partial charge in [0.1, 0.15) is 10.8 Å². The number of hydrogen-bond acceptors (Lipinski definition) is 2. The Bertz CT molecular complexity index is 639. The van der Waals surface area contributed by atoms with Crippen LogP contribution < -0.4 is 0 Å². The Morgan fingerprint density at radius 1 is 1.25 bits per heavy atom. The molecule has 0 aliphatic heterocycles. The number of nitrogens with zero attached hydrogens (tertiary/aromatic N) is 2. The molecule has 0 fully saturated rings. The molecule has 1 aromatic heterocycles. The van der Waals surface area contributed by atoms with E-state index in [-0.39, 0.29) is 11.9 Å². The van der Waals surface area contributed by atoms with Gasteiger partial charge in [0, 0.05) is 18.5 Å². The minimum absolute atomic E-state index is 0.0983. The van der Waals surface area contributed by atoms with Crippen molar-refractivity contribution >= 4 is 28.3 Å². The zero-order chi connectivity index (χ0) is 14.9. The smallest absolute Gasteiger partial charge is 0.272 e. The third-order valence-corrected chi connectivity index (χ3v) is 4.10. The maximum Gasteiger partial charge on any atom is 0.272 e. The van der Waals surface area contributed by atoms with Crippen molar-refractivity contribution in [3.63, 3.8) is 0 Å². The Kier molecular flexibility index (Phi) is 4.29. The number of benzene rings is 1. The number of carbonyl (C=O) groups is 1. The predicted octanol–water partition coefficient (Wildman–Crippen LogP) is 4.00. The quantitative estimate of drug-likeness (QED) is 0.800. The van der Waals surface area contributed by atoms with Gasteiger partial charge in [-0.05, 0) is 24.3 Å². The van der Waals surface area contributed by atoms with Crippen LogP contribution in [0.2, 0.25) is 5.15 Å². The fraction of sp³-hybridized carbons (Fsp3) is 0.375. The lowest BCUT2D eigenvalue weighted by molar-refractivity contribution is 0.0701. The van der Waals surface area contributed by atoms with Gasteiger partial charge in [-0.25, -0.2) is 4.98 Å². The zero-order valence-electron chi connectivity index (χ0n) is 12.2. The molecule has 0 N–H and O–H groups in total. The highest BCUT2D eigenvalue weighted by Gasteiger charge is 2.21. The van der Waals surface area contributed by atoms with Gasteiger partial charge in [-0.3, -0.25) is 4.79 Å². The highest BCUT2D eigenvalue weighted by Crippen LogP contribution is 2.23. The number of hydrogen-bond donors (Lipinski definition) is 0. The Labute approximate surface area is 124 Å². The van der Waals surface area contributed by atoms with Gasteiger partial charge in [-0.1, -0.05) is 49.7 Å². The molecule has 1 atom stereocenters. The summed E-state index contributed by atoms with van der Waals surface area (Å²) in [7, 11) is 1.80. The molecule has 0 unspecified atom stereocenters. The van der Waals surface area contributed by atoms with E-state index in [0.717, 1.165) is 10.8 Å². The van der Waals surface area contributed by atoms with Crippen LogP contribution in [0.3, 0.4) is 0 Å². The second kappa shape index (κ2) is 5.80. The molecule has 0 radical (unpaired) electrons. The van der Waals surface area contributed by atoms with E-state index >= 15 is 0 Å². The molecule has 2 rings (SSSR count). The van der Waals surface area contributed by atoms with Gasteiger partial charge in [0.2, 0.25) is 0 Å². The maximum atomic E-state index is 12.5. The summed E-state index contributed by atoms with van der Waals surface area (Å²) in [4.78, 5) is 18.4. The van der Waals surface area contributed by atoms with Crippen LogP contribution in [0.4, 0.5) is 0 Å². The summed E-state index contributed by atoms with van der Waals surface area (Å²) in [6.07, 6.45) is 0. The standard InChI is InChI=1S/C16H19ClN2O/c1-10(2)11(3)19(4)16(20)14-9-12-7-5-6-8-13(12)15(17)18-14/h5-11H,1-4H3/t11-/m0/s1. The van der Waals surface area contributed by atoms with Crippen LogP contribution in [-0.4, -0.2) is 28.9 Å². The van der Waals surface area contributed by atoms with Gasteiger partial charge in [0.05, 0.1) is 0 Å². The Morgan fingerprint density at radius 3 is 2.55 bits per heavy atom. The van der Waals surface area contributed by atoms with Gasteiger partial charge >= 0.3 is 0 Å². The largest absolute Gasteiger partial charge is 0.337 e. The van der Waals surface area contributed by atoms with Crippen LogP contribution in [0.25, 0.3) is 10.8 Å². The fourth-order valence-electron chi connectivity index (χ4n) is 2.08. The molecule has 0 saturated heterocycles. The molecule has 1 heterocycles. The minimum atomic E-state index is -0.0983. The maximum absolute atomic E-state index is 12.5. The number of carbonyl (C=O) groups excluding carboxylic acids is 1. The number of rotatable bonds is 3. The van der Waals surface area contributed by atoms with Gasteiger partial charge in [0.15, 0.2) is 0 Å². The number of fused-ring (bicyclic) bond motifs is 1. The lowest BCUT2D eigenvalue weighted by Gasteiger charge is -2.27. The molecule has 2 aromatic rings. The lowest BCUT2D eigenvalue weighted by atomic mass is 10.0. The van der Waals surface area contributed by atoms with Crippen LogP contribution in [0, 0.1) is 5.92 Å². The summed E-state index contributed by atoms with van der Waals surface area (Å²) in [5.41, 5.74) is 0.392. The van der Waals surface area contributed by atoms with E-state index in [1.165, 1.54) is 0 Å². The zero-order valence-corrected chi connectivity index (χ0v) is 13.0. The van der Waals surface area contributed by atoms with Gasteiger partial charge in [-0.15, -0.1) is 0 Å². The topological polar surface area (TPSA) is 33.2 Å². The molecule has 0 bridgehead atoms. The first-order valence-corrected chi connectivity index (χ1v) is 7.12. The van der Waals surface area contributed by atoms with Crippen LogP contribution in [-0.2, 0) is 0 Å². The van der Waals surface area contributed by atoms with E-state index in [1.54, 1.807) is 18.0 Å². The summed E-state index contributed by atoms with van der Waals surface area (Å²) in [5, 5.41) is 2.17. The van der Waals surface area contributed by atoms with Gasteiger partial charge < -0.3 is 4.90 Å². The second-order valence-electron chi connectivity index (χ2n) is 5.42. The minimum Gasteiger partial charge on any atom is -0.337 e. The fourth-order valence-corrected chi connectivity index (χ4v) is 2.34. The summed E-state index contributed by atoms with van der Waals surface area (Å²) in [6, 6.07) is 9.62. The van der Waals surface area contributed by atoms with Crippen molar-refractivity contribution in [2.45, 2.75) is 26.8 Å². The second-order valence-corrected chi connectivity index (χ2v) is 5.78. The van der Waals surface area contributed by atoms with Crippen molar-refractivity contribution < 1.29 is 4.79 Å². The first kappa shape index (κ1) is 14.8. The monoisotopic (exact) mass is 290 g/mol. The Hall–Kier alpha value is -1.61. The van der Waals surface area contributed by atoms with E-state index < -0.39 is 0 Å². The lowest BCUT2D eigenvalue weighted by Crippen LogP contribution is -2.38. The molecular formula is C16H19ClN2O. The first-order valence-electron chi connectivity index (χ1n) is 6.74. The SMILES string of the molecule is CC(C)[C@H](C)N(C)C(=O)c1cc2ccccc2c(Cl)n1. The molecule has 0 spiro atoms. The highest BCUT2D eigenvalue weighted by molar-refractivity contribution is 6.34. The van der Waals surface area contributed by atoms with Crippen molar-refractivity contribution in [3.05, 3.63) is 41.2 Å². The molecule has 4 heteroatoms. The van der Waals surface area contributed by atoms with Crippen LogP contribution in [0.15, 0.2) is 30.3 Å². The summed E-state index contributed by atoms with van der Waals surface area (Å²) in [5.74, 6) is 0.290. The molecule has 106 valence electrons. The van der Waals surface area contributed by atoms with Crippen molar-refractivity contribution in [1.82, 2.24) is 9.88 Å². The molecule has 3 nitrogen and oxygen atoms in total. The van der Waals surface area contributed by atoms with E-state index in [4.69, 9.17) is 11.6 Å². The first-order chi connectivity index (χ1) is 9.41. The number of pyridine rings is 1. The number of aromatic nitrogens is 1. The highest BCUT2D eigenvalue weighted by atomic mass is 35.5. The molecule has 0 saturated carbocycles. The number of amides is 1. The molecule has 20 heavy (non-hydrogen) atoms. The van der Waals surface area contributed by atoms with E-state index in [0.29, 0.717) is 16.8 Å². The van der Waals surface area contributed by atoms with Gasteiger partial charge in [-0.2, -0.15) is 0 Å². The predicted molar refractivity (Wildman–Crippen MR) is 83.1 cm³/mol. The summed E-state index contributed by atoms with van der Waals surface area (Å²) < 4.78 is 0. The molecule has 1 aromatic carbocycles. The van der Waals surface area contributed by atoms with Gasteiger partial charge in [0.25, 0.3) is 5.91 Å². The third kappa shape index (κ3) is 2.78. The van der Waals surface area contributed by atoms with E-state index in [1.807, 2.05) is 31.2 Å². The Morgan fingerprint density at radius 2 is 1.90 bits per heavy atom. The average molecular weight is 291 g/mol. The number of halogens is 1. The van der Waals surface area contributed by atoms with Crippen LogP contribution in [0.1, 0.15) is 31.3 Å². The Balaban J connectivity index is 2.40. The van der Waals surface area contributed by atoms with E-state index in [2.05, 4.69) is 18.8 Å². The summed E-state index contributed by atoms with van der Waals surface area (Å²) in [6.45, 7) is 6.22. The van der Waals surface area contributed by atoms with Crippen molar-refractivity contribution in [1.29, 1.82) is 0 Å². The average Bonchev–Trinajstić information content (AvgIpc) is 2.44. The van der Waals surface area contributed by atoms with E-state index in [9.17, 15) is 4.79 Å². The van der Waals surface area contributed by atoms with Crippen molar-refractivity contribution in [3.8, 4) is 0 Å². The molecule has 0 aliphatic rings. The summed E-state index contributed by atoms with van der Waals surface area (Å²) >= 11 is 6.17. The normalized spacial score (nSPS) is 12.7.